The van der Waals surface area contributed by atoms with Crippen LogP contribution in [0.1, 0.15) is 26.2 Å². The molecule has 1 amide bonds. The van der Waals surface area contributed by atoms with Crippen molar-refractivity contribution in [2.45, 2.75) is 38.3 Å². The summed E-state index contributed by atoms with van der Waals surface area (Å²) in [5.74, 6) is 0.688. The third-order valence-electron chi connectivity index (χ3n) is 2.82. The van der Waals surface area contributed by atoms with E-state index < -0.39 is 0 Å². The number of likely N-dealkylation sites (tertiary alicyclic amines) is 1. The Hall–Kier alpha value is -0.570. The monoisotopic (exact) mass is 168 g/mol. The number of nitrogens with two attached hydrogens (primary N) is 1. The highest BCUT2D eigenvalue weighted by Gasteiger charge is 2.38. The molecule has 1 aliphatic heterocycles. The molecule has 2 N–H and O–H groups in total. The van der Waals surface area contributed by atoms with Crippen LogP contribution in [-0.4, -0.2) is 29.4 Å². The lowest BCUT2D eigenvalue weighted by Gasteiger charge is -2.20. The fourth-order valence-electron chi connectivity index (χ4n) is 1.94. The van der Waals surface area contributed by atoms with Crippen LogP contribution in [-0.2, 0) is 4.79 Å². The predicted molar refractivity (Wildman–Crippen MR) is 46.5 cm³/mol. The molecule has 2 unspecified atom stereocenters. The molecular formula is C9H16N2O. The average molecular weight is 168 g/mol. The Morgan fingerprint density at radius 1 is 1.50 bits per heavy atom. The second kappa shape index (κ2) is 2.73. The molecule has 2 aliphatic rings. The molecule has 0 aromatic rings. The molecule has 1 saturated heterocycles. The third-order valence-corrected chi connectivity index (χ3v) is 2.82. The highest BCUT2D eigenvalue weighted by Crippen LogP contribution is 2.33. The Morgan fingerprint density at radius 3 is 2.58 bits per heavy atom. The van der Waals surface area contributed by atoms with E-state index in [1.54, 1.807) is 0 Å². The molecule has 1 heterocycles. The number of rotatable bonds is 1. The summed E-state index contributed by atoms with van der Waals surface area (Å²) in [4.78, 5) is 13.6. The molecule has 1 saturated carbocycles. The van der Waals surface area contributed by atoms with Gasteiger partial charge in [0.15, 0.2) is 0 Å². The predicted octanol–water partition coefficient (Wildman–Crippen LogP) is 0.344. The number of hydrogen-bond acceptors (Lipinski definition) is 2. The van der Waals surface area contributed by atoms with Crippen LogP contribution in [0, 0.1) is 5.92 Å². The lowest BCUT2D eigenvalue weighted by atomic mass is 10.2. The topological polar surface area (TPSA) is 46.3 Å². The Balaban J connectivity index is 1.98. The molecule has 0 radical (unpaired) electrons. The van der Waals surface area contributed by atoms with Crippen LogP contribution in [0.2, 0.25) is 0 Å². The van der Waals surface area contributed by atoms with E-state index in [9.17, 15) is 4.79 Å². The Labute approximate surface area is 72.9 Å². The Morgan fingerprint density at radius 2 is 2.17 bits per heavy atom. The Bertz CT molecular complexity index is 201. The van der Waals surface area contributed by atoms with E-state index in [4.69, 9.17) is 5.73 Å². The van der Waals surface area contributed by atoms with Crippen LogP contribution in [0.4, 0.5) is 0 Å². The van der Waals surface area contributed by atoms with Crippen LogP contribution in [0.5, 0.6) is 0 Å². The first kappa shape index (κ1) is 8.05. The quantitative estimate of drug-likeness (QED) is 0.614. The first-order chi connectivity index (χ1) is 5.68. The van der Waals surface area contributed by atoms with Crippen molar-refractivity contribution in [2.75, 3.05) is 6.54 Å². The van der Waals surface area contributed by atoms with Gasteiger partial charge in [0.2, 0.25) is 5.91 Å². The number of carbonyl (C=O) groups is 1. The van der Waals surface area contributed by atoms with Crippen LogP contribution in [0.3, 0.4) is 0 Å². The van der Waals surface area contributed by atoms with Crippen molar-refractivity contribution >= 4 is 5.91 Å². The van der Waals surface area contributed by atoms with Crippen molar-refractivity contribution in [3.63, 3.8) is 0 Å². The molecule has 3 heteroatoms. The van der Waals surface area contributed by atoms with E-state index in [-0.39, 0.29) is 6.04 Å². The van der Waals surface area contributed by atoms with Crippen molar-refractivity contribution in [1.82, 2.24) is 4.90 Å². The van der Waals surface area contributed by atoms with Crippen molar-refractivity contribution in [2.24, 2.45) is 11.7 Å². The molecule has 12 heavy (non-hydrogen) atoms. The number of carbonyl (C=O) groups excluding carboxylic acids is 1. The van der Waals surface area contributed by atoms with E-state index in [1.807, 2.05) is 4.90 Å². The highest BCUT2D eigenvalue weighted by molar-refractivity contribution is 5.81. The second-order valence-electron chi connectivity index (χ2n) is 4.11. The van der Waals surface area contributed by atoms with Crippen molar-refractivity contribution in [3.05, 3.63) is 0 Å². The van der Waals surface area contributed by atoms with Crippen molar-refractivity contribution in [1.29, 1.82) is 0 Å². The number of amides is 1. The smallest absolute Gasteiger partial charge is 0.225 e. The highest BCUT2D eigenvalue weighted by atomic mass is 16.2. The minimum absolute atomic E-state index is 0.211. The zero-order chi connectivity index (χ0) is 8.72. The normalized spacial score (nSPS) is 35.7. The maximum atomic E-state index is 11.6. The van der Waals surface area contributed by atoms with Gasteiger partial charge in [-0.25, -0.2) is 0 Å². The SMILES string of the molecule is CC1CC(N)CN1C(=O)C1CC1. The first-order valence-corrected chi connectivity index (χ1v) is 4.74. The molecule has 0 aromatic carbocycles. The molecular weight excluding hydrogens is 152 g/mol. The fourth-order valence-corrected chi connectivity index (χ4v) is 1.94. The molecule has 68 valence electrons. The lowest BCUT2D eigenvalue weighted by molar-refractivity contribution is -0.133. The molecule has 2 fully saturated rings. The first-order valence-electron chi connectivity index (χ1n) is 4.74. The van der Waals surface area contributed by atoms with Gasteiger partial charge in [0.05, 0.1) is 0 Å². The van der Waals surface area contributed by atoms with E-state index in [2.05, 4.69) is 6.92 Å². The molecule has 2 rings (SSSR count). The van der Waals surface area contributed by atoms with Crippen LogP contribution >= 0.6 is 0 Å². The summed E-state index contributed by atoms with van der Waals surface area (Å²) in [6, 6.07) is 0.579. The minimum atomic E-state index is 0.211. The van der Waals surface area contributed by atoms with Gasteiger partial charge in [-0.1, -0.05) is 0 Å². The van der Waals surface area contributed by atoms with Gasteiger partial charge in [0, 0.05) is 24.5 Å². The largest absolute Gasteiger partial charge is 0.338 e. The Kier molecular flexibility index (Phi) is 1.83. The zero-order valence-electron chi connectivity index (χ0n) is 7.49. The van der Waals surface area contributed by atoms with Crippen molar-refractivity contribution < 1.29 is 4.79 Å². The van der Waals surface area contributed by atoms with E-state index in [0.29, 0.717) is 17.9 Å². The summed E-state index contributed by atoms with van der Waals surface area (Å²) in [7, 11) is 0. The van der Waals surface area contributed by atoms with Gasteiger partial charge in [-0.15, -0.1) is 0 Å². The average Bonchev–Trinajstić information content (AvgIpc) is 2.77. The molecule has 0 bridgehead atoms. The molecule has 3 nitrogen and oxygen atoms in total. The summed E-state index contributed by atoms with van der Waals surface area (Å²) in [5, 5.41) is 0. The summed E-state index contributed by atoms with van der Waals surface area (Å²) >= 11 is 0. The fraction of sp³-hybridized carbons (Fsp3) is 0.889. The summed E-state index contributed by atoms with van der Waals surface area (Å²) < 4.78 is 0. The standard InChI is InChI=1S/C9H16N2O/c1-6-4-8(10)5-11(6)9(12)7-2-3-7/h6-8H,2-5,10H2,1H3. The van der Waals surface area contributed by atoms with Crippen LogP contribution in [0.15, 0.2) is 0 Å². The van der Waals surface area contributed by atoms with Gasteiger partial charge in [-0.05, 0) is 26.2 Å². The lowest BCUT2D eigenvalue weighted by Crippen LogP contribution is -2.36. The second-order valence-corrected chi connectivity index (χ2v) is 4.11. The number of hydrogen-bond donors (Lipinski definition) is 1. The summed E-state index contributed by atoms with van der Waals surface area (Å²) in [5.41, 5.74) is 5.78. The van der Waals surface area contributed by atoms with Gasteiger partial charge in [-0.3, -0.25) is 4.79 Å². The van der Waals surface area contributed by atoms with E-state index >= 15 is 0 Å². The van der Waals surface area contributed by atoms with E-state index in [1.165, 1.54) is 0 Å². The van der Waals surface area contributed by atoms with E-state index in [0.717, 1.165) is 25.8 Å². The van der Waals surface area contributed by atoms with Crippen molar-refractivity contribution in [3.8, 4) is 0 Å². The van der Waals surface area contributed by atoms with Crippen LogP contribution in [0.25, 0.3) is 0 Å². The maximum Gasteiger partial charge on any atom is 0.225 e. The maximum absolute atomic E-state index is 11.6. The number of nitrogens with zero attached hydrogens (tertiary/aromatic N) is 1. The third kappa shape index (κ3) is 1.33. The zero-order valence-corrected chi connectivity index (χ0v) is 7.49. The molecule has 2 atom stereocenters. The molecule has 0 aromatic heterocycles. The van der Waals surface area contributed by atoms with Gasteiger partial charge >= 0.3 is 0 Å². The van der Waals surface area contributed by atoms with Gasteiger partial charge in [0.1, 0.15) is 0 Å². The summed E-state index contributed by atoms with van der Waals surface area (Å²) in [6.07, 6.45) is 3.16. The van der Waals surface area contributed by atoms with Crippen LogP contribution < -0.4 is 5.73 Å². The molecule has 1 aliphatic carbocycles. The van der Waals surface area contributed by atoms with Gasteiger partial charge in [0.25, 0.3) is 0 Å². The molecule has 0 spiro atoms. The van der Waals surface area contributed by atoms with Gasteiger partial charge in [-0.2, -0.15) is 0 Å². The summed E-state index contributed by atoms with van der Waals surface area (Å²) in [6.45, 7) is 2.86. The van der Waals surface area contributed by atoms with Gasteiger partial charge < -0.3 is 10.6 Å². The minimum Gasteiger partial charge on any atom is -0.338 e.